The Balaban J connectivity index is 1.76. The number of hydrogen-bond donors (Lipinski definition) is 7. The van der Waals surface area contributed by atoms with E-state index in [-0.39, 0.29) is 48.7 Å². The van der Waals surface area contributed by atoms with Gasteiger partial charge in [0.1, 0.15) is 17.8 Å². The van der Waals surface area contributed by atoms with Gasteiger partial charge in [-0.3, -0.25) is 19.8 Å². The predicted octanol–water partition coefficient (Wildman–Crippen LogP) is 2.14. The van der Waals surface area contributed by atoms with Gasteiger partial charge in [-0.05, 0) is 41.7 Å². The molecule has 8 N–H and O–H groups in total. The van der Waals surface area contributed by atoms with E-state index in [0.29, 0.717) is 13.0 Å². The molecule has 0 spiro atoms. The Labute approximate surface area is 240 Å². The van der Waals surface area contributed by atoms with Crippen molar-refractivity contribution in [1.82, 2.24) is 21.3 Å². The average molecular weight is 559 g/mol. The fraction of sp³-hybridized carbons (Fsp3) is 0.290. The van der Waals surface area contributed by atoms with E-state index in [2.05, 4.69) is 21.3 Å². The first-order chi connectivity index (χ1) is 19.8. The highest BCUT2D eigenvalue weighted by Gasteiger charge is 2.28. The molecule has 3 aromatic rings. The first-order valence-corrected chi connectivity index (χ1v) is 13.5. The minimum Gasteiger partial charge on any atom is -0.508 e. The monoisotopic (exact) mass is 558 g/mol. The second kappa shape index (κ2) is 15.7. The molecule has 41 heavy (non-hydrogen) atoms. The van der Waals surface area contributed by atoms with Gasteiger partial charge in [0.15, 0.2) is 5.96 Å². The quantitative estimate of drug-likeness (QED) is 0.0908. The summed E-state index contributed by atoms with van der Waals surface area (Å²) in [5, 5.41) is 27.9. The lowest BCUT2D eigenvalue weighted by molar-refractivity contribution is -0.132. The summed E-state index contributed by atoms with van der Waals surface area (Å²) in [4.78, 5) is 39.5. The van der Waals surface area contributed by atoms with Crippen LogP contribution in [0.25, 0.3) is 0 Å². The van der Waals surface area contributed by atoms with E-state index < -0.39 is 18.0 Å². The van der Waals surface area contributed by atoms with Crippen LogP contribution in [0.15, 0.2) is 84.9 Å². The van der Waals surface area contributed by atoms with E-state index in [1.165, 1.54) is 19.2 Å². The summed E-state index contributed by atoms with van der Waals surface area (Å²) in [6.07, 6.45) is 1.03. The Hall–Kier alpha value is -4.86. The number of phenols is 1. The minimum atomic E-state index is -0.921. The van der Waals surface area contributed by atoms with Crippen molar-refractivity contribution in [3.05, 3.63) is 102 Å². The molecule has 2 atom stereocenters. The summed E-state index contributed by atoms with van der Waals surface area (Å²) in [5.41, 5.74) is 8.08. The summed E-state index contributed by atoms with van der Waals surface area (Å²) < 4.78 is 0. The van der Waals surface area contributed by atoms with Crippen molar-refractivity contribution < 1.29 is 19.5 Å². The summed E-state index contributed by atoms with van der Waals surface area (Å²) in [6.45, 7) is 0.345. The molecule has 3 amide bonds. The maximum atomic E-state index is 13.5. The van der Waals surface area contributed by atoms with E-state index in [9.17, 15) is 19.5 Å². The second-order valence-electron chi connectivity index (χ2n) is 9.73. The first kappa shape index (κ1) is 30.7. The van der Waals surface area contributed by atoms with Crippen molar-refractivity contribution in [3.8, 4) is 5.75 Å². The third kappa shape index (κ3) is 9.99. The Bertz CT molecular complexity index is 1250. The van der Waals surface area contributed by atoms with Gasteiger partial charge in [0.2, 0.25) is 17.7 Å². The molecule has 0 aliphatic carbocycles. The van der Waals surface area contributed by atoms with E-state index in [1.54, 1.807) is 12.1 Å². The molecule has 0 bridgehead atoms. The number of carbonyl (C=O) groups is 3. The number of carbonyl (C=O) groups excluding carboxylic acids is 3. The van der Waals surface area contributed by atoms with Crippen LogP contribution in [0.4, 0.5) is 0 Å². The topological polar surface area (TPSA) is 169 Å². The summed E-state index contributed by atoms with van der Waals surface area (Å²) in [7, 11) is 1.48. The van der Waals surface area contributed by atoms with Crippen molar-refractivity contribution in [2.75, 3.05) is 13.6 Å². The lowest BCUT2D eigenvalue weighted by atomic mass is 9.88. The van der Waals surface area contributed by atoms with Gasteiger partial charge < -0.3 is 32.1 Å². The van der Waals surface area contributed by atoms with Gasteiger partial charge in [-0.1, -0.05) is 72.8 Å². The van der Waals surface area contributed by atoms with Crippen molar-refractivity contribution in [3.63, 3.8) is 0 Å². The van der Waals surface area contributed by atoms with Crippen LogP contribution in [-0.4, -0.2) is 54.5 Å². The van der Waals surface area contributed by atoms with Crippen molar-refractivity contribution >= 4 is 23.7 Å². The van der Waals surface area contributed by atoms with Crippen LogP contribution >= 0.6 is 0 Å². The Morgan fingerprint density at radius 1 is 0.829 bits per heavy atom. The van der Waals surface area contributed by atoms with Gasteiger partial charge in [0.25, 0.3) is 0 Å². The van der Waals surface area contributed by atoms with Crippen LogP contribution in [0.5, 0.6) is 5.75 Å². The normalized spacial score (nSPS) is 12.1. The van der Waals surface area contributed by atoms with Gasteiger partial charge in [0.05, 0.1) is 0 Å². The fourth-order valence-corrected chi connectivity index (χ4v) is 4.56. The molecule has 10 heteroatoms. The molecule has 0 aliphatic heterocycles. The van der Waals surface area contributed by atoms with E-state index in [0.717, 1.165) is 16.7 Å². The smallest absolute Gasteiger partial charge is 0.243 e. The van der Waals surface area contributed by atoms with Gasteiger partial charge in [-0.15, -0.1) is 0 Å². The zero-order chi connectivity index (χ0) is 29.6. The third-order valence-corrected chi connectivity index (χ3v) is 6.69. The molecule has 0 heterocycles. The number of benzene rings is 3. The molecule has 216 valence electrons. The lowest BCUT2D eigenvalue weighted by Crippen LogP contribution is -2.54. The van der Waals surface area contributed by atoms with Crippen LogP contribution in [0.3, 0.4) is 0 Å². The lowest BCUT2D eigenvalue weighted by Gasteiger charge is -2.24. The summed E-state index contributed by atoms with van der Waals surface area (Å²) >= 11 is 0. The van der Waals surface area contributed by atoms with E-state index in [4.69, 9.17) is 11.1 Å². The number of amides is 3. The standard InChI is InChI=1S/C31H38N6O4/c1-34-29(40)27(19-21-14-16-24(38)17-15-21)37-30(41)26(13-8-18-35-31(32)33)36-28(39)20-25(22-9-4-2-5-10-22)23-11-6-3-7-12-23/h2-7,9-12,14-17,25-27,38H,8,13,18-20H2,1H3,(H,34,40)(H,36,39)(H,37,41)(H4,32,33,35)/t26-,27+/m1/s1. The minimum absolute atomic E-state index is 0.0977. The largest absolute Gasteiger partial charge is 0.508 e. The molecule has 0 saturated carbocycles. The highest BCUT2D eigenvalue weighted by molar-refractivity contribution is 5.92. The van der Waals surface area contributed by atoms with E-state index >= 15 is 0 Å². The number of nitrogens with one attached hydrogen (secondary N) is 5. The van der Waals surface area contributed by atoms with Crippen LogP contribution in [0, 0.1) is 5.41 Å². The number of guanidine groups is 1. The number of phenolic OH excluding ortho intramolecular Hbond substituents is 1. The number of nitrogens with two attached hydrogens (primary N) is 1. The van der Waals surface area contributed by atoms with Crippen LogP contribution < -0.4 is 27.0 Å². The molecule has 0 aromatic heterocycles. The number of hydrogen-bond acceptors (Lipinski definition) is 5. The SMILES string of the molecule is CNC(=O)[C@H](Cc1ccc(O)cc1)NC(=O)[C@@H](CCCNC(=N)N)NC(=O)CC(c1ccccc1)c1ccccc1. The Kier molecular flexibility index (Phi) is 11.7. The maximum Gasteiger partial charge on any atom is 0.243 e. The highest BCUT2D eigenvalue weighted by Crippen LogP contribution is 2.28. The third-order valence-electron chi connectivity index (χ3n) is 6.69. The van der Waals surface area contributed by atoms with Gasteiger partial charge in [0, 0.05) is 32.4 Å². The van der Waals surface area contributed by atoms with Crippen molar-refractivity contribution in [2.24, 2.45) is 5.73 Å². The average Bonchev–Trinajstić information content (AvgIpc) is 2.98. The zero-order valence-electron chi connectivity index (χ0n) is 23.1. The van der Waals surface area contributed by atoms with Crippen LogP contribution in [0.1, 0.15) is 41.9 Å². The molecule has 0 radical (unpaired) electrons. The number of aromatic hydroxyl groups is 1. The molecule has 10 nitrogen and oxygen atoms in total. The molecule has 3 aromatic carbocycles. The fourth-order valence-electron chi connectivity index (χ4n) is 4.56. The van der Waals surface area contributed by atoms with Crippen molar-refractivity contribution in [1.29, 1.82) is 5.41 Å². The molecule has 0 saturated heterocycles. The number of rotatable bonds is 14. The van der Waals surface area contributed by atoms with Crippen LogP contribution in [-0.2, 0) is 20.8 Å². The molecule has 0 unspecified atom stereocenters. The Morgan fingerprint density at radius 2 is 1.41 bits per heavy atom. The van der Waals surface area contributed by atoms with Crippen molar-refractivity contribution in [2.45, 2.75) is 43.7 Å². The van der Waals surface area contributed by atoms with Crippen LogP contribution in [0.2, 0.25) is 0 Å². The molecule has 0 aliphatic rings. The summed E-state index contributed by atoms with van der Waals surface area (Å²) in [5.74, 6) is -1.49. The van der Waals surface area contributed by atoms with Gasteiger partial charge in [-0.2, -0.15) is 0 Å². The van der Waals surface area contributed by atoms with Gasteiger partial charge >= 0.3 is 0 Å². The molecular formula is C31H38N6O4. The summed E-state index contributed by atoms with van der Waals surface area (Å²) in [6, 6.07) is 24.0. The van der Waals surface area contributed by atoms with E-state index in [1.807, 2.05) is 60.7 Å². The predicted molar refractivity (Wildman–Crippen MR) is 158 cm³/mol. The molecular weight excluding hydrogens is 520 g/mol. The maximum absolute atomic E-state index is 13.5. The number of likely N-dealkylation sites (N-methyl/N-ethyl adjacent to an activating group) is 1. The molecule has 0 fully saturated rings. The zero-order valence-corrected chi connectivity index (χ0v) is 23.1. The highest BCUT2D eigenvalue weighted by atomic mass is 16.3. The molecule has 3 rings (SSSR count). The first-order valence-electron chi connectivity index (χ1n) is 13.5. The Morgan fingerprint density at radius 3 is 1.95 bits per heavy atom. The van der Waals surface area contributed by atoms with Gasteiger partial charge in [-0.25, -0.2) is 0 Å². The second-order valence-corrected chi connectivity index (χ2v) is 9.73.